The zero-order chi connectivity index (χ0) is 13.7. The standard InChI is InChI=1S/C17H26N2O/c1-12(20)19-8-4-5-13-9-14-10-15(17(13)19)11-18-7-3-2-6-16(14)18/h9,14-17H,2-8,10-11H2,1H3/t14-,15-,16+,17+/m0/s1. The third-order valence-electron chi connectivity index (χ3n) is 6.06. The fraction of sp³-hybridized carbons (Fsp3) is 0.824. The molecule has 3 aliphatic heterocycles. The van der Waals surface area contributed by atoms with Crippen molar-refractivity contribution >= 4 is 5.91 Å². The van der Waals surface area contributed by atoms with Gasteiger partial charge in [0.25, 0.3) is 0 Å². The van der Waals surface area contributed by atoms with Gasteiger partial charge in [-0.15, -0.1) is 0 Å². The summed E-state index contributed by atoms with van der Waals surface area (Å²) in [5, 5.41) is 0. The number of amides is 1. The predicted octanol–water partition coefficient (Wildman–Crippen LogP) is 2.43. The van der Waals surface area contributed by atoms with Crippen LogP contribution in [0, 0.1) is 11.8 Å². The second kappa shape index (κ2) is 4.87. The monoisotopic (exact) mass is 274 g/mol. The van der Waals surface area contributed by atoms with Crippen LogP contribution in [-0.4, -0.2) is 47.4 Å². The summed E-state index contributed by atoms with van der Waals surface area (Å²) in [4.78, 5) is 16.9. The van der Waals surface area contributed by atoms with Gasteiger partial charge in [0.15, 0.2) is 0 Å². The van der Waals surface area contributed by atoms with E-state index in [1.54, 1.807) is 12.5 Å². The summed E-state index contributed by atoms with van der Waals surface area (Å²) in [7, 11) is 0. The van der Waals surface area contributed by atoms with E-state index in [2.05, 4.69) is 15.9 Å². The minimum absolute atomic E-state index is 0.278. The molecule has 20 heavy (non-hydrogen) atoms. The molecular formula is C17H26N2O. The highest BCUT2D eigenvalue weighted by molar-refractivity contribution is 5.74. The van der Waals surface area contributed by atoms with Crippen LogP contribution >= 0.6 is 0 Å². The number of hydrogen-bond acceptors (Lipinski definition) is 2. The summed E-state index contributed by atoms with van der Waals surface area (Å²) in [6.45, 7) is 5.24. The lowest BCUT2D eigenvalue weighted by Gasteiger charge is -2.54. The molecule has 2 bridgehead atoms. The minimum Gasteiger partial charge on any atom is -0.336 e. The number of carbonyl (C=O) groups excluding carboxylic acids is 1. The first-order chi connectivity index (χ1) is 9.74. The van der Waals surface area contributed by atoms with Crippen molar-refractivity contribution in [3.05, 3.63) is 11.6 Å². The highest BCUT2D eigenvalue weighted by atomic mass is 16.2. The van der Waals surface area contributed by atoms with Gasteiger partial charge in [0.2, 0.25) is 5.91 Å². The number of nitrogens with zero attached hydrogens (tertiary/aromatic N) is 2. The van der Waals surface area contributed by atoms with Crippen LogP contribution < -0.4 is 0 Å². The molecule has 4 aliphatic rings. The molecule has 1 aliphatic carbocycles. The summed E-state index contributed by atoms with van der Waals surface area (Å²) in [6, 6.07) is 1.24. The maximum Gasteiger partial charge on any atom is 0.219 e. The quantitative estimate of drug-likeness (QED) is 0.633. The molecule has 0 saturated carbocycles. The van der Waals surface area contributed by atoms with E-state index in [0.29, 0.717) is 12.0 Å². The molecule has 3 heterocycles. The van der Waals surface area contributed by atoms with Crippen LogP contribution in [0.25, 0.3) is 0 Å². The van der Waals surface area contributed by atoms with Crippen molar-refractivity contribution in [3.63, 3.8) is 0 Å². The Kier molecular flexibility index (Phi) is 3.13. The van der Waals surface area contributed by atoms with E-state index in [0.717, 1.165) is 24.9 Å². The van der Waals surface area contributed by atoms with Crippen molar-refractivity contribution in [3.8, 4) is 0 Å². The first kappa shape index (κ1) is 12.9. The molecule has 3 nitrogen and oxygen atoms in total. The van der Waals surface area contributed by atoms with E-state index in [1.165, 1.54) is 45.2 Å². The van der Waals surface area contributed by atoms with Crippen LogP contribution in [0.5, 0.6) is 0 Å². The van der Waals surface area contributed by atoms with E-state index in [-0.39, 0.29) is 5.91 Å². The number of carbonyl (C=O) groups is 1. The van der Waals surface area contributed by atoms with Crippen LogP contribution in [-0.2, 0) is 4.79 Å². The largest absolute Gasteiger partial charge is 0.336 e. The smallest absolute Gasteiger partial charge is 0.219 e. The van der Waals surface area contributed by atoms with E-state index in [1.807, 2.05) is 0 Å². The molecular weight excluding hydrogens is 248 g/mol. The molecule has 0 aromatic heterocycles. The molecule has 4 rings (SSSR count). The molecule has 3 fully saturated rings. The van der Waals surface area contributed by atoms with Crippen LogP contribution in [0.4, 0.5) is 0 Å². The molecule has 3 heteroatoms. The summed E-state index contributed by atoms with van der Waals surface area (Å²) in [6.07, 6.45) is 10.5. The molecule has 0 aromatic carbocycles. The number of rotatable bonds is 0. The molecule has 0 aromatic rings. The van der Waals surface area contributed by atoms with Crippen molar-refractivity contribution in [1.82, 2.24) is 9.80 Å². The van der Waals surface area contributed by atoms with E-state index in [9.17, 15) is 4.79 Å². The summed E-state index contributed by atoms with van der Waals surface area (Å²) in [5.74, 6) is 1.74. The van der Waals surface area contributed by atoms with Crippen molar-refractivity contribution in [2.24, 2.45) is 11.8 Å². The molecule has 110 valence electrons. The summed E-state index contributed by atoms with van der Waals surface area (Å²) >= 11 is 0. The highest BCUT2D eigenvalue weighted by Crippen LogP contribution is 2.44. The third kappa shape index (κ3) is 1.93. The van der Waals surface area contributed by atoms with E-state index >= 15 is 0 Å². The second-order valence-corrected chi connectivity index (χ2v) is 7.22. The molecule has 1 amide bonds. The summed E-state index contributed by atoms with van der Waals surface area (Å²) in [5.41, 5.74) is 1.60. The average Bonchev–Trinajstić information content (AvgIpc) is 2.46. The van der Waals surface area contributed by atoms with Crippen LogP contribution in [0.3, 0.4) is 0 Å². The SMILES string of the molecule is CC(=O)N1CCCC2=C[C@H]3C[C@@H](CN4CCCC[C@H]34)[C@@H]21. The third-order valence-corrected chi connectivity index (χ3v) is 6.06. The van der Waals surface area contributed by atoms with Gasteiger partial charge in [-0.05, 0) is 50.5 Å². The molecule has 0 radical (unpaired) electrons. The predicted molar refractivity (Wildman–Crippen MR) is 79.3 cm³/mol. The van der Waals surface area contributed by atoms with Gasteiger partial charge in [0.05, 0.1) is 6.04 Å². The van der Waals surface area contributed by atoms with Gasteiger partial charge in [-0.2, -0.15) is 0 Å². The average molecular weight is 274 g/mol. The Morgan fingerprint density at radius 3 is 3.00 bits per heavy atom. The number of likely N-dealkylation sites (tertiary alicyclic amines) is 1. The maximum absolute atomic E-state index is 12.0. The molecule has 0 N–H and O–H groups in total. The molecule has 4 atom stereocenters. The van der Waals surface area contributed by atoms with Gasteiger partial charge < -0.3 is 4.90 Å². The zero-order valence-electron chi connectivity index (χ0n) is 12.6. The molecule has 0 unspecified atom stereocenters. The van der Waals surface area contributed by atoms with Gasteiger partial charge in [-0.25, -0.2) is 0 Å². The van der Waals surface area contributed by atoms with Gasteiger partial charge in [-0.1, -0.05) is 18.1 Å². The Morgan fingerprint density at radius 2 is 2.15 bits per heavy atom. The lowest BCUT2D eigenvalue weighted by Crippen LogP contribution is -2.59. The lowest BCUT2D eigenvalue weighted by molar-refractivity contribution is -0.133. The Labute approximate surface area is 122 Å². The Balaban J connectivity index is 1.66. The van der Waals surface area contributed by atoms with Crippen molar-refractivity contribution in [1.29, 1.82) is 0 Å². The second-order valence-electron chi connectivity index (χ2n) is 7.22. The van der Waals surface area contributed by atoms with E-state index in [4.69, 9.17) is 0 Å². The Morgan fingerprint density at radius 1 is 1.25 bits per heavy atom. The van der Waals surface area contributed by atoms with Crippen molar-refractivity contribution in [2.45, 2.75) is 57.5 Å². The fourth-order valence-electron chi connectivity index (χ4n) is 5.33. The normalized spacial score (nSPS) is 40.6. The van der Waals surface area contributed by atoms with Gasteiger partial charge in [-0.3, -0.25) is 9.69 Å². The molecule has 0 spiro atoms. The van der Waals surface area contributed by atoms with Crippen LogP contribution in [0.15, 0.2) is 11.6 Å². The number of hydrogen-bond donors (Lipinski definition) is 0. The Bertz CT molecular complexity index is 444. The lowest BCUT2D eigenvalue weighted by atomic mass is 9.68. The Hall–Kier alpha value is -0.830. The van der Waals surface area contributed by atoms with Gasteiger partial charge >= 0.3 is 0 Å². The number of fused-ring (bicyclic) bond motifs is 6. The fourth-order valence-corrected chi connectivity index (χ4v) is 5.33. The van der Waals surface area contributed by atoms with E-state index < -0.39 is 0 Å². The van der Waals surface area contributed by atoms with Crippen molar-refractivity contribution in [2.75, 3.05) is 19.6 Å². The summed E-state index contributed by atoms with van der Waals surface area (Å²) < 4.78 is 0. The zero-order valence-corrected chi connectivity index (χ0v) is 12.6. The highest BCUT2D eigenvalue weighted by Gasteiger charge is 2.46. The number of piperidine rings is 3. The van der Waals surface area contributed by atoms with Crippen LogP contribution in [0.2, 0.25) is 0 Å². The van der Waals surface area contributed by atoms with Crippen molar-refractivity contribution < 1.29 is 4.79 Å². The topological polar surface area (TPSA) is 23.6 Å². The minimum atomic E-state index is 0.278. The maximum atomic E-state index is 12.0. The van der Waals surface area contributed by atoms with Gasteiger partial charge in [0.1, 0.15) is 0 Å². The first-order valence-electron chi connectivity index (χ1n) is 8.46. The van der Waals surface area contributed by atoms with Crippen LogP contribution in [0.1, 0.15) is 45.4 Å². The molecule has 3 saturated heterocycles. The van der Waals surface area contributed by atoms with Gasteiger partial charge in [0, 0.05) is 26.1 Å². The first-order valence-corrected chi connectivity index (χ1v) is 8.46.